The standard InChI is InChI=1S/C27H27F4N3O2/c28-21-10-8-19(9-11-21)25(23-6-3-4-14-32-23)33-26(35)20-12-15-34(16-13-20)17-18-36-24-7-2-1-5-22(24)27(29,30)31/h1-11,14,20,25H,12-13,15-18H2,(H,33,35). The molecule has 0 aliphatic carbocycles. The van der Waals surface area contributed by atoms with E-state index in [0.717, 1.165) is 11.6 Å². The summed E-state index contributed by atoms with van der Waals surface area (Å²) in [6.45, 7) is 1.85. The molecule has 1 aliphatic heterocycles. The first-order valence-corrected chi connectivity index (χ1v) is 11.8. The molecule has 190 valence electrons. The van der Waals surface area contributed by atoms with Crippen molar-refractivity contribution >= 4 is 5.91 Å². The molecular weight excluding hydrogens is 474 g/mol. The lowest BCUT2D eigenvalue weighted by Gasteiger charge is -2.32. The molecule has 36 heavy (non-hydrogen) atoms. The highest BCUT2D eigenvalue weighted by molar-refractivity contribution is 5.79. The number of nitrogens with zero attached hydrogens (tertiary/aromatic N) is 2. The summed E-state index contributed by atoms with van der Waals surface area (Å²) in [5, 5.41) is 3.06. The van der Waals surface area contributed by atoms with Gasteiger partial charge in [0, 0.05) is 18.7 Å². The molecule has 3 aromatic rings. The first-order valence-electron chi connectivity index (χ1n) is 11.8. The molecule has 2 heterocycles. The number of hydrogen-bond acceptors (Lipinski definition) is 4. The number of hydrogen-bond donors (Lipinski definition) is 1. The minimum absolute atomic E-state index is 0.106. The van der Waals surface area contributed by atoms with E-state index in [1.807, 2.05) is 12.1 Å². The Bertz CT molecular complexity index is 1130. The lowest BCUT2D eigenvalue weighted by atomic mass is 9.94. The second-order valence-electron chi connectivity index (χ2n) is 8.71. The molecule has 1 aromatic heterocycles. The smallest absolute Gasteiger partial charge is 0.419 e. The van der Waals surface area contributed by atoms with Gasteiger partial charge in [-0.2, -0.15) is 13.2 Å². The van der Waals surface area contributed by atoms with Crippen LogP contribution in [0.1, 0.15) is 35.7 Å². The van der Waals surface area contributed by atoms with Gasteiger partial charge < -0.3 is 10.1 Å². The highest BCUT2D eigenvalue weighted by Crippen LogP contribution is 2.35. The van der Waals surface area contributed by atoms with Gasteiger partial charge in [0.25, 0.3) is 0 Å². The van der Waals surface area contributed by atoms with Gasteiger partial charge in [-0.25, -0.2) is 4.39 Å². The molecule has 0 radical (unpaired) electrons. The predicted octanol–water partition coefficient (Wildman–Crippen LogP) is 5.24. The number of nitrogens with one attached hydrogen (secondary N) is 1. The normalized spacial score (nSPS) is 15.9. The first kappa shape index (κ1) is 25.6. The zero-order valence-electron chi connectivity index (χ0n) is 19.5. The molecule has 1 amide bonds. The number of halogens is 4. The Hall–Kier alpha value is -3.46. The zero-order chi connectivity index (χ0) is 25.5. The van der Waals surface area contributed by atoms with E-state index < -0.39 is 17.8 Å². The van der Waals surface area contributed by atoms with Gasteiger partial charge in [0.2, 0.25) is 5.91 Å². The molecule has 4 rings (SSSR count). The van der Waals surface area contributed by atoms with E-state index in [0.29, 0.717) is 38.2 Å². The third kappa shape index (κ3) is 6.60. The minimum atomic E-state index is -4.47. The molecule has 1 aliphatic rings. The quantitative estimate of drug-likeness (QED) is 0.429. The Balaban J connectivity index is 1.30. The van der Waals surface area contributed by atoms with Gasteiger partial charge in [-0.3, -0.25) is 14.7 Å². The highest BCUT2D eigenvalue weighted by Gasteiger charge is 2.34. The van der Waals surface area contributed by atoms with E-state index >= 15 is 0 Å². The van der Waals surface area contributed by atoms with Crippen LogP contribution in [0.2, 0.25) is 0 Å². The average Bonchev–Trinajstić information content (AvgIpc) is 2.88. The molecule has 0 spiro atoms. The molecule has 1 unspecified atom stereocenters. The van der Waals surface area contributed by atoms with Crippen molar-refractivity contribution in [3.8, 4) is 5.75 Å². The van der Waals surface area contributed by atoms with Crippen molar-refractivity contribution in [2.75, 3.05) is 26.2 Å². The van der Waals surface area contributed by atoms with Crippen molar-refractivity contribution in [2.45, 2.75) is 25.1 Å². The summed E-state index contributed by atoms with van der Waals surface area (Å²) in [7, 11) is 0. The third-order valence-corrected chi connectivity index (χ3v) is 6.29. The molecule has 0 saturated carbocycles. The molecule has 1 atom stereocenters. The number of carbonyl (C=O) groups is 1. The number of ether oxygens (including phenoxy) is 1. The van der Waals surface area contributed by atoms with Crippen molar-refractivity contribution in [1.29, 1.82) is 0 Å². The van der Waals surface area contributed by atoms with Gasteiger partial charge in [-0.05, 0) is 67.9 Å². The van der Waals surface area contributed by atoms with Crippen LogP contribution in [0.4, 0.5) is 17.6 Å². The topological polar surface area (TPSA) is 54.5 Å². The van der Waals surface area contributed by atoms with Crippen LogP contribution < -0.4 is 10.1 Å². The number of amides is 1. The van der Waals surface area contributed by atoms with Crippen molar-refractivity contribution in [3.05, 3.63) is 95.6 Å². The maximum Gasteiger partial charge on any atom is 0.419 e. The summed E-state index contributed by atoms with van der Waals surface area (Å²) in [6, 6.07) is 16.1. The van der Waals surface area contributed by atoms with E-state index in [4.69, 9.17) is 4.74 Å². The van der Waals surface area contributed by atoms with Crippen molar-refractivity contribution < 1.29 is 27.1 Å². The van der Waals surface area contributed by atoms with E-state index in [2.05, 4.69) is 15.2 Å². The summed E-state index contributed by atoms with van der Waals surface area (Å²) in [6.07, 6.45) is -1.60. The first-order chi connectivity index (χ1) is 17.3. The van der Waals surface area contributed by atoms with E-state index in [1.54, 1.807) is 24.4 Å². The maximum absolute atomic E-state index is 13.4. The third-order valence-electron chi connectivity index (χ3n) is 6.29. The predicted molar refractivity (Wildman–Crippen MR) is 127 cm³/mol. The number of para-hydroxylation sites is 1. The van der Waals surface area contributed by atoms with Crippen molar-refractivity contribution in [1.82, 2.24) is 15.2 Å². The van der Waals surface area contributed by atoms with Crippen LogP contribution in [0.3, 0.4) is 0 Å². The Labute approximate surface area is 207 Å². The molecular formula is C27H27F4N3O2. The SMILES string of the molecule is O=C(NC(c1ccc(F)cc1)c1ccccn1)C1CCN(CCOc2ccccc2C(F)(F)F)CC1. The van der Waals surface area contributed by atoms with Crippen molar-refractivity contribution in [3.63, 3.8) is 0 Å². The fourth-order valence-corrected chi connectivity index (χ4v) is 4.32. The number of aromatic nitrogens is 1. The summed E-state index contributed by atoms with van der Waals surface area (Å²) >= 11 is 0. The molecule has 1 fully saturated rings. The van der Waals surface area contributed by atoms with E-state index in [9.17, 15) is 22.4 Å². The van der Waals surface area contributed by atoms with Crippen LogP contribution in [-0.4, -0.2) is 42.0 Å². The Morgan fingerprint density at radius 1 is 1.03 bits per heavy atom. The Kier molecular flexibility index (Phi) is 8.20. The monoisotopic (exact) mass is 501 g/mol. The van der Waals surface area contributed by atoms with Gasteiger partial charge in [0.1, 0.15) is 18.2 Å². The number of pyridine rings is 1. The van der Waals surface area contributed by atoms with E-state index in [-0.39, 0.29) is 30.0 Å². The maximum atomic E-state index is 13.4. The molecule has 5 nitrogen and oxygen atoms in total. The van der Waals surface area contributed by atoms with Crippen LogP contribution in [0, 0.1) is 11.7 Å². The minimum Gasteiger partial charge on any atom is -0.492 e. The van der Waals surface area contributed by atoms with Crippen LogP contribution >= 0.6 is 0 Å². The lowest BCUT2D eigenvalue weighted by Crippen LogP contribution is -2.43. The number of rotatable bonds is 8. The second kappa shape index (κ2) is 11.5. The Morgan fingerprint density at radius 3 is 2.39 bits per heavy atom. The zero-order valence-corrected chi connectivity index (χ0v) is 19.5. The molecule has 1 saturated heterocycles. The van der Waals surface area contributed by atoms with Crippen LogP contribution in [0.25, 0.3) is 0 Å². The lowest BCUT2D eigenvalue weighted by molar-refractivity contribution is -0.139. The molecule has 1 N–H and O–H groups in total. The highest BCUT2D eigenvalue weighted by atomic mass is 19.4. The molecule has 9 heteroatoms. The van der Waals surface area contributed by atoms with Crippen LogP contribution in [-0.2, 0) is 11.0 Å². The fraction of sp³-hybridized carbons (Fsp3) is 0.333. The van der Waals surface area contributed by atoms with Gasteiger partial charge in [-0.1, -0.05) is 30.3 Å². The van der Waals surface area contributed by atoms with Crippen LogP contribution in [0.5, 0.6) is 5.75 Å². The second-order valence-corrected chi connectivity index (χ2v) is 8.71. The van der Waals surface area contributed by atoms with E-state index in [1.165, 1.54) is 30.3 Å². The van der Waals surface area contributed by atoms with Crippen LogP contribution in [0.15, 0.2) is 72.9 Å². The number of carbonyl (C=O) groups excluding carboxylic acids is 1. The summed E-state index contributed by atoms with van der Waals surface area (Å²) in [5.41, 5.74) is 0.604. The number of piperidine rings is 1. The van der Waals surface area contributed by atoms with Crippen molar-refractivity contribution in [2.24, 2.45) is 5.92 Å². The number of alkyl halides is 3. The van der Waals surface area contributed by atoms with Gasteiger partial charge in [-0.15, -0.1) is 0 Å². The van der Waals surface area contributed by atoms with Gasteiger partial charge in [0.05, 0.1) is 17.3 Å². The summed E-state index contributed by atoms with van der Waals surface area (Å²) in [4.78, 5) is 19.5. The fourth-order valence-electron chi connectivity index (χ4n) is 4.32. The largest absolute Gasteiger partial charge is 0.492 e. The van der Waals surface area contributed by atoms with Gasteiger partial charge >= 0.3 is 6.18 Å². The summed E-state index contributed by atoms with van der Waals surface area (Å²) < 4.78 is 58.2. The number of likely N-dealkylation sites (tertiary alicyclic amines) is 1. The Morgan fingerprint density at radius 2 is 1.72 bits per heavy atom. The molecule has 0 bridgehead atoms. The average molecular weight is 502 g/mol. The van der Waals surface area contributed by atoms with Gasteiger partial charge in [0.15, 0.2) is 0 Å². The number of benzene rings is 2. The molecule has 2 aromatic carbocycles. The summed E-state index contributed by atoms with van der Waals surface area (Å²) in [5.74, 6) is -0.853.